The number of aliphatic hydroxyl groups is 1. The number of hydrogen-bond acceptors (Lipinski definition) is 2. The Morgan fingerprint density at radius 3 is 2.14 bits per heavy atom. The molecule has 1 aliphatic rings. The Morgan fingerprint density at radius 1 is 1.00 bits per heavy atom. The van der Waals surface area contributed by atoms with Crippen LogP contribution < -0.4 is 5.32 Å². The van der Waals surface area contributed by atoms with Crippen molar-refractivity contribution in [1.29, 1.82) is 0 Å². The Hall–Kier alpha value is -2.03. The van der Waals surface area contributed by atoms with Crippen LogP contribution in [0.5, 0.6) is 0 Å². The zero-order chi connectivity index (χ0) is 26.2. The fourth-order valence-corrected chi connectivity index (χ4v) is 4.63. The van der Waals surface area contributed by atoms with Gasteiger partial charge < -0.3 is 10.4 Å². The predicted molar refractivity (Wildman–Crippen MR) is 125 cm³/mol. The lowest BCUT2D eigenvalue weighted by molar-refractivity contribution is -0.143. The van der Waals surface area contributed by atoms with E-state index in [1.807, 2.05) is 18.2 Å². The number of allylic oxidation sites excluding steroid dienone is 1. The summed E-state index contributed by atoms with van der Waals surface area (Å²) in [7, 11) is 0. The lowest BCUT2D eigenvalue weighted by Gasteiger charge is -2.34. The first-order valence-corrected chi connectivity index (χ1v) is 11.6. The van der Waals surface area contributed by atoms with E-state index >= 15 is 0 Å². The number of hydrogen-bond donors (Lipinski definition) is 2. The molecule has 3 rings (SSSR count). The summed E-state index contributed by atoms with van der Waals surface area (Å²) in [6.45, 7) is 6.14. The molecule has 0 fully saturated rings. The summed E-state index contributed by atoms with van der Waals surface area (Å²) in [5.41, 5.74) is -0.154. The molecule has 9 heteroatoms. The Kier molecular flexibility index (Phi) is 7.99. The Bertz CT molecular complexity index is 1060. The van der Waals surface area contributed by atoms with Gasteiger partial charge in [0.2, 0.25) is 0 Å². The molecule has 0 aromatic heterocycles. The lowest BCUT2D eigenvalue weighted by atomic mass is 9.73. The summed E-state index contributed by atoms with van der Waals surface area (Å²) in [5.74, 6) is 0. The monoisotopic (exact) mass is 519 g/mol. The second kappa shape index (κ2) is 10.1. The molecule has 2 aromatic rings. The van der Waals surface area contributed by atoms with E-state index in [4.69, 9.17) is 11.6 Å². The average molecular weight is 520 g/mol. The summed E-state index contributed by atoms with van der Waals surface area (Å²) in [6, 6.07) is 7.84. The van der Waals surface area contributed by atoms with Crippen molar-refractivity contribution in [2.24, 2.45) is 5.41 Å². The van der Waals surface area contributed by atoms with E-state index in [2.05, 4.69) is 19.2 Å². The highest BCUT2D eigenvalue weighted by Crippen LogP contribution is 2.43. The maximum absolute atomic E-state index is 13.2. The Balaban J connectivity index is 1.86. The van der Waals surface area contributed by atoms with Crippen LogP contribution >= 0.6 is 11.6 Å². The highest BCUT2D eigenvalue weighted by Gasteiger charge is 2.38. The van der Waals surface area contributed by atoms with E-state index in [9.17, 15) is 31.4 Å². The molecule has 0 spiro atoms. The summed E-state index contributed by atoms with van der Waals surface area (Å²) in [6.07, 6.45) is -9.00. The van der Waals surface area contributed by atoms with Crippen LogP contribution in [0.3, 0.4) is 0 Å². The molecule has 0 bridgehead atoms. The SMILES string of the molecule is C[C@H](NCC1=C(c2cccc(Cl)c2)CCC(C)(C)C1)[C@H](O)c1cc(C(F)(F)F)cc(C(F)(F)F)c1. The van der Waals surface area contributed by atoms with Crippen molar-refractivity contribution < 1.29 is 31.4 Å². The highest BCUT2D eigenvalue weighted by molar-refractivity contribution is 6.30. The molecule has 2 nitrogen and oxygen atoms in total. The summed E-state index contributed by atoms with van der Waals surface area (Å²) < 4.78 is 79.3. The van der Waals surface area contributed by atoms with Gasteiger partial charge in [-0.25, -0.2) is 0 Å². The second-order valence-corrected chi connectivity index (χ2v) is 10.3. The fourth-order valence-electron chi connectivity index (χ4n) is 4.44. The fraction of sp³-hybridized carbons (Fsp3) is 0.462. The molecular formula is C26H28ClF6NO. The minimum Gasteiger partial charge on any atom is -0.387 e. The molecule has 192 valence electrons. The van der Waals surface area contributed by atoms with Gasteiger partial charge in [-0.15, -0.1) is 0 Å². The van der Waals surface area contributed by atoms with Gasteiger partial charge in [0.05, 0.1) is 17.2 Å². The molecule has 0 amide bonds. The minimum absolute atomic E-state index is 0.0313. The van der Waals surface area contributed by atoms with Gasteiger partial charge in [0, 0.05) is 17.6 Å². The van der Waals surface area contributed by atoms with E-state index < -0.39 is 41.2 Å². The third-order valence-electron chi connectivity index (χ3n) is 6.41. The van der Waals surface area contributed by atoms with Crippen LogP contribution in [0.4, 0.5) is 26.3 Å². The highest BCUT2D eigenvalue weighted by atomic mass is 35.5. The zero-order valence-electron chi connectivity index (χ0n) is 19.6. The molecular weight excluding hydrogens is 492 g/mol. The molecule has 0 heterocycles. The molecule has 0 saturated heterocycles. The van der Waals surface area contributed by atoms with Crippen molar-refractivity contribution in [3.05, 3.63) is 75.3 Å². The van der Waals surface area contributed by atoms with Crippen LogP contribution in [0.15, 0.2) is 48.0 Å². The third-order valence-corrected chi connectivity index (χ3v) is 6.64. The van der Waals surface area contributed by atoms with Crippen LogP contribution in [0, 0.1) is 5.41 Å². The number of alkyl halides is 6. The number of halogens is 7. The van der Waals surface area contributed by atoms with Crippen LogP contribution in [0.2, 0.25) is 5.02 Å². The van der Waals surface area contributed by atoms with Gasteiger partial charge >= 0.3 is 12.4 Å². The number of benzene rings is 2. The topological polar surface area (TPSA) is 32.3 Å². The molecule has 2 N–H and O–H groups in total. The van der Waals surface area contributed by atoms with E-state index in [0.717, 1.165) is 36.0 Å². The molecule has 1 aliphatic carbocycles. The summed E-state index contributed by atoms with van der Waals surface area (Å²) in [5, 5.41) is 14.4. The largest absolute Gasteiger partial charge is 0.416 e. The quantitative estimate of drug-likeness (QED) is 0.378. The van der Waals surface area contributed by atoms with Gasteiger partial charge in [-0.2, -0.15) is 26.3 Å². The summed E-state index contributed by atoms with van der Waals surface area (Å²) in [4.78, 5) is 0. The molecule has 0 unspecified atom stereocenters. The molecule has 35 heavy (non-hydrogen) atoms. The van der Waals surface area contributed by atoms with Crippen molar-refractivity contribution >= 4 is 17.2 Å². The van der Waals surface area contributed by atoms with E-state index in [0.29, 0.717) is 23.7 Å². The second-order valence-electron chi connectivity index (χ2n) is 9.89. The molecule has 0 saturated carbocycles. The van der Waals surface area contributed by atoms with Crippen molar-refractivity contribution in [3.8, 4) is 0 Å². The van der Waals surface area contributed by atoms with Gasteiger partial charge in [-0.05, 0) is 78.6 Å². The number of rotatable bonds is 6. The molecule has 2 aromatic carbocycles. The Labute approximate surface area is 206 Å². The molecule has 2 atom stereocenters. The van der Waals surface area contributed by atoms with Crippen LogP contribution in [0.1, 0.15) is 68.4 Å². The van der Waals surface area contributed by atoms with Crippen LogP contribution in [-0.2, 0) is 12.4 Å². The maximum atomic E-state index is 13.2. The standard InChI is InChI=1S/C26H28ClF6NO/c1-15(23(35)17-9-19(25(28,29)30)12-20(10-17)26(31,32)33)34-14-18-13-24(2,3)8-7-22(18)16-5-4-6-21(27)11-16/h4-6,9-12,15,23,34-35H,7-8,13-14H2,1-3H3/t15-,23-/m0/s1. The first-order valence-electron chi connectivity index (χ1n) is 11.2. The van der Waals surface area contributed by atoms with Gasteiger partial charge in [0.1, 0.15) is 0 Å². The molecule has 0 radical (unpaired) electrons. The third kappa shape index (κ3) is 7.02. The Morgan fingerprint density at radius 2 is 1.60 bits per heavy atom. The summed E-state index contributed by atoms with van der Waals surface area (Å²) >= 11 is 6.16. The zero-order valence-corrected chi connectivity index (χ0v) is 20.4. The van der Waals surface area contributed by atoms with Gasteiger partial charge in [-0.3, -0.25) is 0 Å². The number of nitrogens with one attached hydrogen (secondary N) is 1. The van der Waals surface area contributed by atoms with Gasteiger partial charge in [0.15, 0.2) is 0 Å². The van der Waals surface area contributed by atoms with Crippen molar-refractivity contribution in [2.75, 3.05) is 6.54 Å². The first-order chi connectivity index (χ1) is 16.1. The smallest absolute Gasteiger partial charge is 0.387 e. The van der Waals surface area contributed by atoms with Crippen LogP contribution in [0.25, 0.3) is 5.57 Å². The van der Waals surface area contributed by atoms with Crippen molar-refractivity contribution in [2.45, 2.75) is 64.5 Å². The normalized spacial score (nSPS) is 18.5. The average Bonchev–Trinajstić information content (AvgIpc) is 2.75. The van der Waals surface area contributed by atoms with E-state index in [1.165, 1.54) is 6.92 Å². The molecule has 0 aliphatic heterocycles. The first kappa shape index (κ1) is 27.6. The maximum Gasteiger partial charge on any atom is 0.416 e. The minimum atomic E-state index is -4.98. The van der Waals surface area contributed by atoms with Gasteiger partial charge in [-0.1, -0.05) is 43.2 Å². The van der Waals surface area contributed by atoms with Crippen molar-refractivity contribution in [1.82, 2.24) is 5.32 Å². The predicted octanol–water partition coefficient (Wildman–Crippen LogP) is 8.05. The van der Waals surface area contributed by atoms with E-state index in [1.54, 1.807) is 6.07 Å². The lowest BCUT2D eigenvalue weighted by Crippen LogP contribution is -2.35. The van der Waals surface area contributed by atoms with Crippen LogP contribution in [-0.4, -0.2) is 17.7 Å². The van der Waals surface area contributed by atoms with E-state index in [-0.39, 0.29) is 11.5 Å². The van der Waals surface area contributed by atoms with Crippen molar-refractivity contribution in [3.63, 3.8) is 0 Å². The van der Waals surface area contributed by atoms with Gasteiger partial charge in [0.25, 0.3) is 0 Å². The number of aliphatic hydroxyl groups excluding tert-OH is 1.